The number of hydrogen-bond donors (Lipinski definition) is 2. The molecule has 0 bridgehead atoms. The van der Waals surface area contributed by atoms with Crippen molar-refractivity contribution in [1.29, 1.82) is 0 Å². The summed E-state index contributed by atoms with van der Waals surface area (Å²) in [5, 5.41) is 10.6. The maximum absolute atomic E-state index is 12.7. The summed E-state index contributed by atoms with van der Waals surface area (Å²) < 4.78 is 0. The van der Waals surface area contributed by atoms with Crippen LogP contribution in [0.4, 0.5) is 0 Å². The Labute approximate surface area is 121 Å². The van der Waals surface area contributed by atoms with Crippen molar-refractivity contribution >= 4 is 5.91 Å². The summed E-state index contributed by atoms with van der Waals surface area (Å²) in [5.74, 6) is 0.646. The Hall–Kier alpha value is -1.36. The van der Waals surface area contributed by atoms with Gasteiger partial charge in [0.2, 0.25) is 0 Å². The third-order valence-corrected chi connectivity index (χ3v) is 4.31. The molecule has 20 heavy (non-hydrogen) atoms. The number of aromatic amines is 1. The van der Waals surface area contributed by atoms with Crippen molar-refractivity contribution in [2.75, 3.05) is 19.6 Å². The van der Waals surface area contributed by atoms with Crippen molar-refractivity contribution < 1.29 is 4.79 Å². The minimum Gasteiger partial charge on any atom is -0.337 e. The Balaban J connectivity index is 2.14. The van der Waals surface area contributed by atoms with Crippen LogP contribution in [-0.2, 0) is 13.0 Å². The summed E-state index contributed by atoms with van der Waals surface area (Å²) in [6, 6.07) is 0. The summed E-state index contributed by atoms with van der Waals surface area (Å²) in [6.45, 7) is 9.68. The van der Waals surface area contributed by atoms with Crippen molar-refractivity contribution in [2.45, 2.75) is 46.6 Å². The lowest BCUT2D eigenvalue weighted by Crippen LogP contribution is -2.36. The van der Waals surface area contributed by atoms with E-state index >= 15 is 0 Å². The molecule has 0 spiro atoms. The summed E-state index contributed by atoms with van der Waals surface area (Å²) in [6.07, 6.45) is 3.15. The molecule has 0 aromatic carbocycles. The molecule has 2 N–H and O–H groups in total. The molecular weight excluding hydrogens is 252 g/mol. The van der Waals surface area contributed by atoms with Gasteiger partial charge in [0.25, 0.3) is 5.91 Å². The van der Waals surface area contributed by atoms with Crippen molar-refractivity contribution in [3.8, 4) is 0 Å². The van der Waals surface area contributed by atoms with E-state index in [0.29, 0.717) is 11.6 Å². The van der Waals surface area contributed by atoms with Crippen LogP contribution in [0.15, 0.2) is 0 Å². The SMILES string of the molecule is CCC(CC)CN(CC)C(=O)c1n[nH]c2c1CNCC2. The van der Waals surface area contributed by atoms with Gasteiger partial charge in [-0.2, -0.15) is 5.10 Å². The topological polar surface area (TPSA) is 61.0 Å². The van der Waals surface area contributed by atoms with Crippen molar-refractivity contribution in [3.63, 3.8) is 0 Å². The lowest BCUT2D eigenvalue weighted by atomic mass is 10.0. The number of hydrogen-bond acceptors (Lipinski definition) is 3. The highest BCUT2D eigenvalue weighted by Crippen LogP contribution is 2.18. The minimum atomic E-state index is 0.0700. The van der Waals surface area contributed by atoms with Crippen LogP contribution in [0.2, 0.25) is 0 Å². The van der Waals surface area contributed by atoms with Crippen LogP contribution in [-0.4, -0.2) is 40.6 Å². The lowest BCUT2D eigenvalue weighted by molar-refractivity contribution is 0.0727. The number of rotatable bonds is 6. The van der Waals surface area contributed by atoms with Crippen LogP contribution in [0.1, 0.15) is 55.4 Å². The number of nitrogens with zero attached hydrogens (tertiary/aromatic N) is 2. The van der Waals surface area contributed by atoms with Gasteiger partial charge in [-0.3, -0.25) is 9.89 Å². The molecule has 5 nitrogen and oxygen atoms in total. The summed E-state index contributed by atoms with van der Waals surface area (Å²) in [5.41, 5.74) is 2.79. The number of aromatic nitrogens is 2. The van der Waals surface area contributed by atoms with Gasteiger partial charge in [0.1, 0.15) is 0 Å². The second-order valence-electron chi connectivity index (χ2n) is 5.48. The normalized spacial score (nSPS) is 14.4. The Bertz CT molecular complexity index is 451. The molecule has 0 saturated heterocycles. The van der Waals surface area contributed by atoms with E-state index in [4.69, 9.17) is 0 Å². The maximum Gasteiger partial charge on any atom is 0.274 e. The zero-order valence-electron chi connectivity index (χ0n) is 12.8. The molecule has 5 heteroatoms. The fourth-order valence-electron chi connectivity index (χ4n) is 2.77. The van der Waals surface area contributed by atoms with Crippen LogP contribution in [0.25, 0.3) is 0 Å². The molecule has 1 aromatic heterocycles. The molecule has 1 aliphatic rings. The van der Waals surface area contributed by atoms with Gasteiger partial charge < -0.3 is 10.2 Å². The average Bonchev–Trinajstić information content (AvgIpc) is 2.92. The van der Waals surface area contributed by atoms with E-state index in [-0.39, 0.29) is 5.91 Å². The number of carbonyl (C=O) groups is 1. The molecule has 0 aliphatic carbocycles. The summed E-state index contributed by atoms with van der Waals surface area (Å²) in [7, 11) is 0. The first-order valence-corrected chi connectivity index (χ1v) is 7.77. The first-order valence-electron chi connectivity index (χ1n) is 7.77. The second-order valence-corrected chi connectivity index (χ2v) is 5.48. The molecule has 0 saturated carbocycles. The number of amides is 1. The van der Waals surface area contributed by atoms with Gasteiger partial charge in [-0.1, -0.05) is 26.7 Å². The maximum atomic E-state index is 12.7. The fraction of sp³-hybridized carbons (Fsp3) is 0.733. The van der Waals surface area contributed by atoms with Crippen LogP contribution < -0.4 is 5.32 Å². The largest absolute Gasteiger partial charge is 0.337 e. The number of fused-ring (bicyclic) bond motifs is 1. The third-order valence-electron chi connectivity index (χ3n) is 4.31. The summed E-state index contributed by atoms with van der Waals surface area (Å²) in [4.78, 5) is 14.6. The van der Waals surface area contributed by atoms with E-state index in [2.05, 4.69) is 29.4 Å². The van der Waals surface area contributed by atoms with Gasteiger partial charge in [-0.05, 0) is 12.8 Å². The zero-order chi connectivity index (χ0) is 14.5. The predicted octanol–water partition coefficient (Wildman–Crippen LogP) is 1.95. The molecule has 1 aromatic rings. The van der Waals surface area contributed by atoms with Crippen LogP contribution in [0.5, 0.6) is 0 Å². The number of nitrogens with one attached hydrogen (secondary N) is 2. The first kappa shape index (κ1) is 15.0. The molecule has 112 valence electrons. The van der Waals surface area contributed by atoms with Gasteiger partial charge in [0, 0.05) is 43.9 Å². The van der Waals surface area contributed by atoms with Crippen molar-refractivity contribution in [2.24, 2.45) is 5.92 Å². The van der Waals surface area contributed by atoms with E-state index in [0.717, 1.165) is 56.7 Å². The van der Waals surface area contributed by atoms with Gasteiger partial charge in [-0.25, -0.2) is 0 Å². The number of H-pyrrole nitrogens is 1. The van der Waals surface area contributed by atoms with E-state index < -0.39 is 0 Å². The van der Waals surface area contributed by atoms with E-state index in [1.807, 2.05) is 11.8 Å². The standard InChI is InChI=1S/C15H26N4O/c1-4-11(5-2)10-19(6-3)15(20)14-12-9-16-8-7-13(12)17-18-14/h11,16H,4-10H2,1-3H3,(H,17,18). The summed E-state index contributed by atoms with van der Waals surface area (Å²) >= 11 is 0. The molecule has 2 heterocycles. The molecule has 1 amide bonds. The molecule has 0 fully saturated rings. The van der Waals surface area contributed by atoms with Gasteiger partial charge in [0.05, 0.1) is 0 Å². The van der Waals surface area contributed by atoms with Crippen molar-refractivity contribution in [1.82, 2.24) is 20.4 Å². The van der Waals surface area contributed by atoms with Crippen molar-refractivity contribution in [3.05, 3.63) is 17.0 Å². The Morgan fingerprint density at radius 2 is 2.10 bits per heavy atom. The molecule has 0 atom stereocenters. The lowest BCUT2D eigenvalue weighted by Gasteiger charge is -2.25. The molecule has 1 aliphatic heterocycles. The highest BCUT2D eigenvalue weighted by molar-refractivity contribution is 5.94. The Kier molecular flexibility index (Phi) is 5.17. The zero-order valence-corrected chi connectivity index (χ0v) is 12.8. The monoisotopic (exact) mass is 278 g/mol. The molecular formula is C15H26N4O. The van der Waals surface area contributed by atoms with E-state index in [9.17, 15) is 4.79 Å². The highest BCUT2D eigenvalue weighted by atomic mass is 16.2. The van der Waals surface area contributed by atoms with Gasteiger partial charge in [-0.15, -0.1) is 0 Å². The van der Waals surface area contributed by atoms with Gasteiger partial charge in [0.15, 0.2) is 5.69 Å². The average molecular weight is 278 g/mol. The number of carbonyl (C=O) groups excluding carboxylic acids is 1. The Morgan fingerprint density at radius 3 is 2.75 bits per heavy atom. The Morgan fingerprint density at radius 1 is 1.35 bits per heavy atom. The predicted molar refractivity (Wildman–Crippen MR) is 79.6 cm³/mol. The smallest absolute Gasteiger partial charge is 0.274 e. The van der Waals surface area contributed by atoms with E-state index in [1.54, 1.807) is 0 Å². The van der Waals surface area contributed by atoms with Crippen LogP contribution in [0, 0.1) is 5.92 Å². The molecule has 0 unspecified atom stereocenters. The molecule has 0 radical (unpaired) electrons. The quantitative estimate of drug-likeness (QED) is 0.836. The van der Waals surface area contributed by atoms with E-state index in [1.165, 1.54) is 0 Å². The van der Waals surface area contributed by atoms with Crippen LogP contribution >= 0.6 is 0 Å². The van der Waals surface area contributed by atoms with Gasteiger partial charge >= 0.3 is 0 Å². The molecule has 2 rings (SSSR count). The fourth-order valence-corrected chi connectivity index (χ4v) is 2.77. The first-order chi connectivity index (χ1) is 9.71. The second kappa shape index (κ2) is 6.88. The third kappa shape index (κ3) is 3.03. The minimum absolute atomic E-state index is 0.0700. The highest BCUT2D eigenvalue weighted by Gasteiger charge is 2.25. The van der Waals surface area contributed by atoms with Crippen LogP contribution in [0.3, 0.4) is 0 Å².